The predicted molar refractivity (Wildman–Crippen MR) is 124 cm³/mol. The molecule has 3 aromatic rings. The number of amides is 1. The van der Waals surface area contributed by atoms with E-state index < -0.39 is 10.0 Å². The minimum absolute atomic E-state index is 0.112. The zero-order valence-electron chi connectivity index (χ0n) is 17.9. The van der Waals surface area contributed by atoms with E-state index in [-0.39, 0.29) is 17.2 Å². The van der Waals surface area contributed by atoms with Crippen molar-refractivity contribution in [3.8, 4) is 11.3 Å². The molecule has 2 aromatic carbocycles. The fourth-order valence-corrected chi connectivity index (χ4v) is 4.46. The molecular weight excluding hydrogens is 426 g/mol. The number of hydrogen-bond donors (Lipinski definition) is 3. The summed E-state index contributed by atoms with van der Waals surface area (Å²) in [5.74, 6) is 0.670. The molecule has 8 nitrogen and oxygen atoms in total. The molecule has 0 radical (unpaired) electrons. The molecule has 4 rings (SSSR count). The number of fused-ring (bicyclic) bond motifs is 3. The van der Waals surface area contributed by atoms with Crippen LogP contribution < -0.4 is 15.4 Å². The fraction of sp³-hybridized carbons (Fsp3) is 0.261. The van der Waals surface area contributed by atoms with Gasteiger partial charge in [-0.15, -0.1) is 0 Å². The normalized spacial score (nSPS) is 13.2. The highest BCUT2D eigenvalue weighted by Gasteiger charge is 2.20. The van der Waals surface area contributed by atoms with E-state index in [9.17, 15) is 13.2 Å². The summed E-state index contributed by atoms with van der Waals surface area (Å²) in [6, 6.07) is 13.9. The van der Waals surface area contributed by atoms with Gasteiger partial charge in [-0.25, -0.2) is 23.1 Å². The van der Waals surface area contributed by atoms with Gasteiger partial charge >= 0.3 is 0 Å². The van der Waals surface area contributed by atoms with E-state index in [4.69, 9.17) is 0 Å². The van der Waals surface area contributed by atoms with Crippen molar-refractivity contribution in [3.63, 3.8) is 0 Å². The van der Waals surface area contributed by atoms with Gasteiger partial charge in [0.1, 0.15) is 0 Å². The van der Waals surface area contributed by atoms with E-state index in [2.05, 4.69) is 25.3 Å². The number of anilines is 3. The van der Waals surface area contributed by atoms with E-state index in [0.29, 0.717) is 35.5 Å². The molecule has 0 saturated heterocycles. The Morgan fingerprint density at radius 3 is 2.59 bits per heavy atom. The molecule has 1 amide bonds. The van der Waals surface area contributed by atoms with Crippen molar-refractivity contribution in [3.05, 3.63) is 60.3 Å². The Kier molecular flexibility index (Phi) is 6.20. The van der Waals surface area contributed by atoms with Crippen molar-refractivity contribution in [1.82, 2.24) is 14.7 Å². The zero-order chi connectivity index (χ0) is 22.7. The Morgan fingerprint density at radius 2 is 1.84 bits per heavy atom. The topological polar surface area (TPSA) is 113 Å². The van der Waals surface area contributed by atoms with Gasteiger partial charge in [0, 0.05) is 29.6 Å². The molecule has 0 bridgehead atoms. The molecule has 0 unspecified atom stereocenters. The van der Waals surface area contributed by atoms with E-state index in [1.807, 2.05) is 38.1 Å². The Morgan fingerprint density at radius 1 is 1.09 bits per heavy atom. The predicted octanol–water partition coefficient (Wildman–Crippen LogP) is 3.71. The highest BCUT2D eigenvalue weighted by atomic mass is 32.2. The van der Waals surface area contributed by atoms with Gasteiger partial charge in [-0.1, -0.05) is 32.0 Å². The van der Waals surface area contributed by atoms with Crippen molar-refractivity contribution in [1.29, 1.82) is 0 Å². The maximum absolute atomic E-state index is 12.4. The first kappa shape index (κ1) is 21.9. The van der Waals surface area contributed by atoms with Crippen molar-refractivity contribution < 1.29 is 13.2 Å². The van der Waals surface area contributed by atoms with E-state index in [0.717, 1.165) is 17.5 Å². The lowest BCUT2D eigenvalue weighted by molar-refractivity contribution is -0.115. The Labute approximate surface area is 187 Å². The van der Waals surface area contributed by atoms with Crippen LogP contribution in [0.25, 0.3) is 11.3 Å². The van der Waals surface area contributed by atoms with Crippen LogP contribution in [-0.4, -0.2) is 30.8 Å². The SMILES string of the molecule is CC(C)CCNS(=O)(=O)c1ccc(Nc2ncc3c(n2)-c2ccccc2NC(=O)C3)cc1. The summed E-state index contributed by atoms with van der Waals surface area (Å²) in [4.78, 5) is 21.3. The molecule has 166 valence electrons. The molecule has 1 aliphatic rings. The van der Waals surface area contributed by atoms with Gasteiger partial charge in [0.15, 0.2) is 0 Å². The quantitative estimate of drug-likeness (QED) is 0.505. The number of carbonyl (C=O) groups excluding carboxylic acids is 1. The molecule has 1 aromatic heterocycles. The van der Waals surface area contributed by atoms with Gasteiger partial charge in [0.2, 0.25) is 21.9 Å². The van der Waals surface area contributed by atoms with Crippen LogP contribution in [0, 0.1) is 5.92 Å². The van der Waals surface area contributed by atoms with Crippen LogP contribution in [0.1, 0.15) is 25.8 Å². The second kappa shape index (κ2) is 9.05. The summed E-state index contributed by atoms with van der Waals surface area (Å²) in [7, 11) is -3.55. The number of hydrogen-bond acceptors (Lipinski definition) is 6. The third kappa shape index (κ3) is 4.95. The van der Waals surface area contributed by atoms with E-state index in [1.165, 1.54) is 0 Å². The van der Waals surface area contributed by atoms with Crippen molar-refractivity contribution in [2.75, 3.05) is 17.2 Å². The monoisotopic (exact) mass is 451 g/mol. The van der Waals surface area contributed by atoms with Gasteiger partial charge in [-0.3, -0.25) is 4.79 Å². The first-order valence-corrected chi connectivity index (χ1v) is 11.9. The summed E-state index contributed by atoms with van der Waals surface area (Å²) < 4.78 is 27.5. The molecule has 1 aliphatic heterocycles. The highest BCUT2D eigenvalue weighted by molar-refractivity contribution is 7.89. The van der Waals surface area contributed by atoms with E-state index >= 15 is 0 Å². The summed E-state index contributed by atoms with van der Waals surface area (Å²) in [5.41, 5.74) is 3.62. The van der Waals surface area contributed by atoms with Crippen LogP contribution in [0.5, 0.6) is 0 Å². The minimum Gasteiger partial charge on any atom is -0.325 e. The molecule has 0 aliphatic carbocycles. The molecule has 0 atom stereocenters. The largest absolute Gasteiger partial charge is 0.325 e. The van der Waals surface area contributed by atoms with Gasteiger partial charge in [-0.05, 0) is 42.7 Å². The number of rotatable bonds is 7. The second-order valence-corrected chi connectivity index (χ2v) is 9.83. The fourth-order valence-electron chi connectivity index (χ4n) is 3.41. The number of sulfonamides is 1. The van der Waals surface area contributed by atoms with Crippen LogP contribution in [0.3, 0.4) is 0 Å². The average molecular weight is 452 g/mol. The zero-order valence-corrected chi connectivity index (χ0v) is 18.7. The van der Waals surface area contributed by atoms with Gasteiger partial charge in [-0.2, -0.15) is 0 Å². The Balaban J connectivity index is 1.54. The van der Waals surface area contributed by atoms with Crippen LogP contribution in [0.4, 0.5) is 17.3 Å². The lowest BCUT2D eigenvalue weighted by Crippen LogP contribution is -2.25. The molecular formula is C23H25N5O3S. The van der Waals surface area contributed by atoms with Gasteiger partial charge in [0.05, 0.1) is 22.7 Å². The summed E-state index contributed by atoms with van der Waals surface area (Å²) >= 11 is 0. The maximum Gasteiger partial charge on any atom is 0.240 e. The first-order valence-electron chi connectivity index (χ1n) is 10.4. The molecule has 0 saturated carbocycles. The van der Waals surface area contributed by atoms with Gasteiger partial charge < -0.3 is 10.6 Å². The van der Waals surface area contributed by atoms with Crippen LogP contribution in [0.2, 0.25) is 0 Å². The molecule has 0 spiro atoms. The van der Waals surface area contributed by atoms with Crippen molar-refractivity contribution in [2.24, 2.45) is 5.92 Å². The Hall–Kier alpha value is -3.30. The van der Waals surface area contributed by atoms with Gasteiger partial charge in [0.25, 0.3) is 0 Å². The number of benzene rings is 2. The Bertz CT molecular complexity index is 1240. The number of nitrogens with one attached hydrogen (secondary N) is 3. The highest BCUT2D eigenvalue weighted by Crippen LogP contribution is 2.32. The molecule has 2 heterocycles. The maximum atomic E-state index is 12.4. The van der Waals surface area contributed by atoms with Crippen LogP contribution in [0.15, 0.2) is 59.6 Å². The number of carbonyl (C=O) groups is 1. The second-order valence-electron chi connectivity index (χ2n) is 8.07. The average Bonchev–Trinajstić information content (AvgIpc) is 2.89. The smallest absolute Gasteiger partial charge is 0.240 e. The van der Waals surface area contributed by atoms with E-state index in [1.54, 1.807) is 30.5 Å². The standard InChI is InChI=1S/C23H25N5O3S/c1-15(2)11-12-25-32(30,31)18-9-7-17(8-10-18)26-23-24-14-16-13-21(29)27-20-6-4-3-5-19(20)22(16)28-23/h3-10,14-15,25H,11-13H2,1-2H3,(H,27,29)(H,24,26,28). The number of nitrogens with zero attached hydrogens (tertiary/aromatic N) is 2. The van der Waals surface area contributed by atoms with Crippen LogP contribution in [-0.2, 0) is 21.2 Å². The third-order valence-corrected chi connectivity index (χ3v) is 6.58. The van der Waals surface area contributed by atoms with Crippen molar-refractivity contribution >= 4 is 33.3 Å². The number of para-hydroxylation sites is 1. The third-order valence-electron chi connectivity index (χ3n) is 5.11. The summed E-state index contributed by atoms with van der Waals surface area (Å²) in [6.45, 7) is 4.50. The number of aromatic nitrogens is 2. The lowest BCUT2D eigenvalue weighted by Gasteiger charge is -2.11. The summed E-state index contributed by atoms with van der Waals surface area (Å²) in [6.07, 6.45) is 2.61. The van der Waals surface area contributed by atoms with Crippen molar-refractivity contribution in [2.45, 2.75) is 31.6 Å². The molecule has 3 N–H and O–H groups in total. The molecule has 32 heavy (non-hydrogen) atoms. The molecule has 9 heteroatoms. The minimum atomic E-state index is -3.55. The van der Waals surface area contributed by atoms with Crippen LogP contribution >= 0.6 is 0 Å². The summed E-state index contributed by atoms with van der Waals surface area (Å²) in [5, 5.41) is 6.00. The lowest BCUT2D eigenvalue weighted by atomic mass is 10.1. The first-order chi connectivity index (χ1) is 15.3. The molecule has 0 fully saturated rings.